The quantitative estimate of drug-likeness (QED) is 0.904. The fourth-order valence-corrected chi connectivity index (χ4v) is 3.11. The van der Waals surface area contributed by atoms with Crippen molar-refractivity contribution in [1.82, 2.24) is 15.0 Å². The van der Waals surface area contributed by atoms with Crippen molar-refractivity contribution in [3.05, 3.63) is 46.8 Å². The highest BCUT2D eigenvalue weighted by atomic mass is 16.5. The molecule has 2 heterocycles. The molecule has 2 aromatic rings. The Morgan fingerprint density at radius 1 is 1.16 bits per heavy atom. The first kappa shape index (κ1) is 17.6. The van der Waals surface area contributed by atoms with Gasteiger partial charge >= 0.3 is 0 Å². The Balaban J connectivity index is 1.45. The second-order valence-corrected chi connectivity index (χ2v) is 6.78. The molecule has 1 saturated heterocycles. The summed E-state index contributed by atoms with van der Waals surface area (Å²) in [6, 6.07) is 7.96. The van der Waals surface area contributed by atoms with Gasteiger partial charge in [0, 0.05) is 44.5 Å². The standard InChI is InChI=1S/C19H26N4O2/c1-14-5-4-6-18(16(14)3)20-19(24)13-23-9-7-22(8-10-23)12-17-11-15(2)25-21-17/h4-6,11H,7-10,12-13H2,1-3H3,(H,20,24). The Morgan fingerprint density at radius 3 is 2.56 bits per heavy atom. The van der Waals surface area contributed by atoms with E-state index >= 15 is 0 Å². The summed E-state index contributed by atoms with van der Waals surface area (Å²) in [7, 11) is 0. The number of amides is 1. The minimum Gasteiger partial charge on any atom is -0.361 e. The van der Waals surface area contributed by atoms with Crippen LogP contribution in [0.2, 0.25) is 0 Å². The van der Waals surface area contributed by atoms with Crippen molar-refractivity contribution in [2.75, 3.05) is 38.0 Å². The second-order valence-electron chi connectivity index (χ2n) is 6.78. The molecule has 3 rings (SSSR count). The molecule has 25 heavy (non-hydrogen) atoms. The van der Waals surface area contributed by atoms with Crippen molar-refractivity contribution in [1.29, 1.82) is 0 Å². The lowest BCUT2D eigenvalue weighted by Crippen LogP contribution is -2.48. The average molecular weight is 342 g/mol. The largest absolute Gasteiger partial charge is 0.361 e. The van der Waals surface area contributed by atoms with E-state index in [1.54, 1.807) is 0 Å². The van der Waals surface area contributed by atoms with Crippen molar-refractivity contribution in [2.24, 2.45) is 0 Å². The number of piperazine rings is 1. The number of aryl methyl sites for hydroxylation is 2. The van der Waals surface area contributed by atoms with Crippen LogP contribution in [0.25, 0.3) is 0 Å². The van der Waals surface area contributed by atoms with E-state index in [-0.39, 0.29) is 5.91 Å². The van der Waals surface area contributed by atoms with Crippen molar-refractivity contribution in [3.63, 3.8) is 0 Å². The molecule has 0 spiro atoms. The summed E-state index contributed by atoms with van der Waals surface area (Å²) in [6.07, 6.45) is 0. The number of aromatic nitrogens is 1. The topological polar surface area (TPSA) is 61.6 Å². The highest BCUT2D eigenvalue weighted by Crippen LogP contribution is 2.18. The normalized spacial score (nSPS) is 16.1. The number of anilines is 1. The molecule has 0 radical (unpaired) electrons. The number of carbonyl (C=O) groups is 1. The van der Waals surface area contributed by atoms with Crippen LogP contribution in [-0.2, 0) is 11.3 Å². The third-order valence-corrected chi connectivity index (χ3v) is 4.77. The summed E-state index contributed by atoms with van der Waals surface area (Å²) in [5.74, 6) is 0.894. The predicted molar refractivity (Wildman–Crippen MR) is 97.5 cm³/mol. The maximum absolute atomic E-state index is 12.3. The second kappa shape index (κ2) is 7.80. The number of nitrogens with one attached hydrogen (secondary N) is 1. The maximum atomic E-state index is 12.3. The molecular formula is C19H26N4O2. The van der Waals surface area contributed by atoms with Crippen LogP contribution in [-0.4, -0.2) is 53.6 Å². The molecular weight excluding hydrogens is 316 g/mol. The molecule has 1 N–H and O–H groups in total. The van der Waals surface area contributed by atoms with Crippen LogP contribution in [0.3, 0.4) is 0 Å². The molecule has 6 heteroatoms. The van der Waals surface area contributed by atoms with Gasteiger partial charge in [0.2, 0.25) is 5.91 Å². The van der Waals surface area contributed by atoms with Crippen LogP contribution in [0.15, 0.2) is 28.8 Å². The maximum Gasteiger partial charge on any atom is 0.238 e. The first-order valence-electron chi connectivity index (χ1n) is 8.74. The van der Waals surface area contributed by atoms with Crippen LogP contribution >= 0.6 is 0 Å². The van der Waals surface area contributed by atoms with Gasteiger partial charge in [0.05, 0.1) is 12.2 Å². The summed E-state index contributed by atoms with van der Waals surface area (Å²) in [6.45, 7) is 10.9. The summed E-state index contributed by atoms with van der Waals surface area (Å²) in [4.78, 5) is 16.9. The van der Waals surface area contributed by atoms with Gasteiger partial charge in [-0.1, -0.05) is 17.3 Å². The zero-order chi connectivity index (χ0) is 17.8. The minimum absolute atomic E-state index is 0.0503. The number of carbonyl (C=O) groups excluding carboxylic acids is 1. The van der Waals surface area contributed by atoms with E-state index in [2.05, 4.69) is 33.3 Å². The molecule has 0 atom stereocenters. The lowest BCUT2D eigenvalue weighted by atomic mass is 10.1. The van der Waals surface area contributed by atoms with Gasteiger partial charge in [0.1, 0.15) is 5.76 Å². The minimum atomic E-state index is 0.0503. The van der Waals surface area contributed by atoms with Gasteiger partial charge in [0.25, 0.3) is 0 Å². The van der Waals surface area contributed by atoms with Crippen molar-refractivity contribution in [3.8, 4) is 0 Å². The van der Waals surface area contributed by atoms with Crippen LogP contribution < -0.4 is 5.32 Å². The van der Waals surface area contributed by atoms with Crippen molar-refractivity contribution < 1.29 is 9.32 Å². The smallest absolute Gasteiger partial charge is 0.238 e. The Bertz CT molecular complexity index is 733. The first-order valence-corrected chi connectivity index (χ1v) is 8.74. The third-order valence-electron chi connectivity index (χ3n) is 4.77. The van der Waals surface area contributed by atoms with Gasteiger partial charge in [-0.2, -0.15) is 0 Å². The zero-order valence-corrected chi connectivity index (χ0v) is 15.2. The van der Waals surface area contributed by atoms with Crippen LogP contribution in [0.5, 0.6) is 0 Å². The summed E-state index contributed by atoms with van der Waals surface area (Å²) < 4.78 is 5.11. The average Bonchev–Trinajstić information content (AvgIpc) is 2.99. The van der Waals surface area contributed by atoms with Crippen LogP contribution in [0, 0.1) is 20.8 Å². The van der Waals surface area contributed by atoms with Crippen LogP contribution in [0.1, 0.15) is 22.6 Å². The summed E-state index contributed by atoms with van der Waals surface area (Å²) in [5.41, 5.74) is 4.20. The molecule has 1 aromatic heterocycles. The van der Waals surface area contributed by atoms with E-state index in [0.717, 1.165) is 55.4 Å². The monoisotopic (exact) mass is 342 g/mol. The van der Waals surface area contributed by atoms with Crippen LogP contribution in [0.4, 0.5) is 5.69 Å². The van der Waals surface area contributed by atoms with Gasteiger partial charge in [-0.05, 0) is 38.0 Å². The molecule has 1 aliphatic rings. The molecule has 1 aliphatic heterocycles. The molecule has 0 aliphatic carbocycles. The molecule has 1 fully saturated rings. The number of hydrogen-bond donors (Lipinski definition) is 1. The number of nitrogens with zero attached hydrogens (tertiary/aromatic N) is 3. The van der Waals surface area contributed by atoms with Crippen molar-refractivity contribution >= 4 is 11.6 Å². The van der Waals surface area contributed by atoms with E-state index in [0.29, 0.717) is 6.54 Å². The molecule has 134 valence electrons. The summed E-state index contributed by atoms with van der Waals surface area (Å²) >= 11 is 0. The zero-order valence-electron chi connectivity index (χ0n) is 15.2. The van der Waals surface area contributed by atoms with E-state index in [1.807, 2.05) is 32.0 Å². The predicted octanol–water partition coefficient (Wildman–Crippen LogP) is 2.36. The first-order chi connectivity index (χ1) is 12.0. The van der Waals surface area contributed by atoms with E-state index in [1.165, 1.54) is 5.56 Å². The molecule has 1 amide bonds. The summed E-state index contributed by atoms with van der Waals surface area (Å²) in [5, 5.41) is 7.08. The fraction of sp³-hybridized carbons (Fsp3) is 0.474. The highest BCUT2D eigenvalue weighted by molar-refractivity contribution is 5.93. The Morgan fingerprint density at radius 2 is 1.88 bits per heavy atom. The third kappa shape index (κ3) is 4.67. The number of hydrogen-bond acceptors (Lipinski definition) is 5. The van der Waals surface area contributed by atoms with Gasteiger partial charge in [-0.3, -0.25) is 14.6 Å². The molecule has 0 saturated carbocycles. The van der Waals surface area contributed by atoms with Gasteiger partial charge in [-0.15, -0.1) is 0 Å². The number of rotatable bonds is 5. The number of benzene rings is 1. The highest BCUT2D eigenvalue weighted by Gasteiger charge is 2.20. The van der Waals surface area contributed by atoms with Crippen molar-refractivity contribution in [2.45, 2.75) is 27.3 Å². The molecule has 0 unspecified atom stereocenters. The van der Waals surface area contributed by atoms with Gasteiger partial charge < -0.3 is 9.84 Å². The lowest BCUT2D eigenvalue weighted by Gasteiger charge is -2.33. The van der Waals surface area contributed by atoms with E-state index in [4.69, 9.17) is 4.52 Å². The van der Waals surface area contributed by atoms with Gasteiger partial charge in [-0.25, -0.2) is 0 Å². The Labute approximate surface area is 148 Å². The SMILES string of the molecule is Cc1cc(CN2CCN(CC(=O)Nc3cccc(C)c3C)CC2)no1. The van der Waals surface area contributed by atoms with E-state index in [9.17, 15) is 4.79 Å². The Hall–Kier alpha value is -2.18. The fourth-order valence-electron chi connectivity index (χ4n) is 3.11. The lowest BCUT2D eigenvalue weighted by molar-refractivity contribution is -0.117. The molecule has 1 aromatic carbocycles. The molecule has 6 nitrogen and oxygen atoms in total. The van der Waals surface area contributed by atoms with E-state index < -0.39 is 0 Å². The van der Waals surface area contributed by atoms with Gasteiger partial charge in [0.15, 0.2) is 0 Å². The Kier molecular flexibility index (Phi) is 5.50. The molecule has 0 bridgehead atoms.